The molecule has 1 N–H and O–H groups in total. The Balaban J connectivity index is 4.39. The Morgan fingerprint density at radius 3 is 2.20 bits per heavy atom. The molecule has 0 aromatic heterocycles. The molecule has 4 heteroatoms. The minimum absolute atomic E-state index is 0.636. The zero-order valence-corrected chi connectivity index (χ0v) is 10.5. The summed E-state index contributed by atoms with van der Waals surface area (Å²) in [5.74, 6) is 0. The van der Waals surface area contributed by atoms with E-state index in [0.717, 1.165) is 5.47 Å². The first-order valence-corrected chi connectivity index (χ1v) is 5.06. The van der Waals surface area contributed by atoms with E-state index in [-0.39, 0.29) is 0 Å². The van der Waals surface area contributed by atoms with Crippen molar-refractivity contribution in [2.45, 2.75) is 45.8 Å². The van der Waals surface area contributed by atoms with Crippen molar-refractivity contribution in [2.75, 3.05) is 7.05 Å². The van der Waals surface area contributed by atoms with Crippen LogP contribution in [0.5, 0.6) is 0 Å². The molecule has 0 aliphatic carbocycles. The molecule has 0 heterocycles. The Bertz CT molecular complexity index is 252. The largest absolute Gasteiger partial charge is 0.427 e. The standard InChI is InChI=1S/C11H21BNO2/c1-7-9(8-13-6)12-15-11(4,5)10(2,3)14/h7-8,14H,1-6H3/b9-7+,13-8?. The zero-order chi connectivity index (χ0) is 12.1. The number of aliphatic imine (C=N–C) groups is 1. The van der Waals surface area contributed by atoms with Gasteiger partial charge in [0, 0.05) is 13.3 Å². The highest BCUT2D eigenvalue weighted by Gasteiger charge is 2.35. The Kier molecular flexibility index (Phi) is 5.25. The molecule has 0 saturated heterocycles. The summed E-state index contributed by atoms with van der Waals surface area (Å²) in [5.41, 5.74) is -0.649. The molecular formula is C11H21BNO2. The van der Waals surface area contributed by atoms with E-state index >= 15 is 0 Å². The van der Waals surface area contributed by atoms with E-state index < -0.39 is 11.2 Å². The lowest BCUT2D eigenvalue weighted by molar-refractivity contribution is -0.0895. The van der Waals surface area contributed by atoms with E-state index in [4.69, 9.17) is 4.65 Å². The summed E-state index contributed by atoms with van der Waals surface area (Å²) in [6.07, 6.45) is 3.61. The number of rotatable bonds is 5. The maximum atomic E-state index is 9.86. The van der Waals surface area contributed by atoms with E-state index in [1.54, 1.807) is 34.6 Å². The summed E-state index contributed by atoms with van der Waals surface area (Å²) in [6, 6.07) is 0. The van der Waals surface area contributed by atoms with Crippen LogP contribution in [0.15, 0.2) is 16.5 Å². The third-order valence-electron chi connectivity index (χ3n) is 2.57. The maximum Gasteiger partial charge on any atom is 0.332 e. The van der Waals surface area contributed by atoms with Crippen molar-refractivity contribution in [3.63, 3.8) is 0 Å². The quantitative estimate of drug-likeness (QED) is 0.555. The smallest absolute Gasteiger partial charge is 0.332 e. The monoisotopic (exact) mass is 210 g/mol. The molecule has 0 atom stereocenters. The van der Waals surface area contributed by atoms with Crippen molar-refractivity contribution >= 4 is 13.7 Å². The first-order valence-electron chi connectivity index (χ1n) is 5.06. The van der Waals surface area contributed by atoms with Crippen LogP contribution in [0.1, 0.15) is 34.6 Å². The van der Waals surface area contributed by atoms with Crippen LogP contribution in [0, 0.1) is 0 Å². The number of allylic oxidation sites excluding steroid dienone is 2. The molecular weight excluding hydrogens is 189 g/mol. The molecule has 0 saturated carbocycles. The van der Waals surface area contributed by atoms with Gasteiger partial charge < -0.3 is 9.76 Å². The number of nitrogens with zero attached hydrogens (tertiary/aromatic N) is 1. The van der Waals surface area contributed by atoms with Crippen molar-refractivity contribution in [2.24, 2.45) is 4.99 Å². The lowest BCUT2D eigenvalue weighted by Crippen LogP contribution is -2.48. The molecule has 0 aliphatic heterocycles. The Morgan fingerprint density at radius 2 is 1.87 bits per heavy atom. The van der Waals surface area contributed by atoms with Gasteiger partial charge in [0.05, 0.1) is 11.2 Å². The molecule has 85 valence electrons. The normalized spacial score (nSPS) is 14.7. The second kappa shape index (κ2) is 5.47. The first kappa shape index (κ1) is 14.4. The van der Waals surface area contributed by atoms with Crippen molar-refractivity contribution in [3.05, 3.63) is 11.5 Å². The average molecular weight is 210 g/mol. The minimum Gasteiger partial charge on any atom is -0.427 e. The van der Waals surface area contributed by atoms with Gasteiger partial charge in [-0.05, 0) is 40.1 Å². The van der Waals surface area contributed by atoms with Crippen molar-refractivity contribution in [3.8, 4) is 0 Å². The zero-order valence-electron chi connectivity index (χ0n) is 10.5. The third-order valence-corrected chi connectivity index (χ3v) is 2.57. The highest BCUT2D eigenvalue weighted by Crippen LogP contribution is 2.24. The predicted molar refractivity (Wildman–Crippen MR) is 65.4 cm³/mol. The second-order valence-corrected chi connectivity index (χ2v) is 4.48. The van der Waals surface area contributed by atoms with Gasteiger partial charge >= 0.3 is 7.48 Å². The van der Waals surface area contributed by atoms with Crippen molar-refractivity contribution < 1.29 is 9.76 Å². The van der Waals surface area contributed by atoms with Gasteiger partial charge in [0.2, 0.25) is 0 Å². The molecule has 0 rings (SSSR count). The molecule has 15 heavy (non-hydrogen) atoms. The van der Waals surface area contributed by atoms with Crippen LogP contribution in [-0.2, 0) is 4.65 Å². The van der Waals surface area contributed by atoms with E-state index in [0.29, 0.717) is 0 Å². The van der Waals surface area contributed by atoms with E-state index in [9.17, 15) is 5.11 Å². The minimum atomic E-state index is -0.897. The summed E-state index contributed by atoms with van der Waals surface area (Å²) >= 11 is 0. The Morgan fingerprint density at radius 1 is 1.33 bits per heavy atom. The van der Waals surface area contributed by atoms with Gasteiger partial charge in [-0.3, -0.25) is 4.99 Å². The van der Waals surface area contributed by atoms with Gasteiger partial charge in [-0.25, -0.2) is 0 Å². The molecule has 0 fully saturated rings. The predicted octanol–water partition coefficient (Wildman–Crippen LogP) is 1.78. The van der Waals surface area contributed by atoms with Gasteiger partial charge in [0.25, 0.3) is 0 Å². The van der Waals surface area contributed by atoms with Crippen LogP contribution in [-0.4, -0.2) is 37.1 Å². The fraction of sp³-hybridized carbons (Fsp3) is 0.727. The SMILES string of the molecule is C/C=C(/[B]OC(C)(C)C(C)(C)O)C=NC. The molecule has 0 unspecified atom stereocenters. The Hall–Kier alpha value is -0.605. The fourth-order valence-corrected chi connectivity index (χ4v) is 0.682. The van der Waals surface area contributed by atoms with Crippen LogP contribution < -0.4 is 0 Å². The summed E-state index contributed by atoms with van der Waals surface area (Å²) < 4.78 is 5.56. The van der Waals surface area contributed by atoms with E-state index in [1.807, 2.05) is 26.8 Å². The van der Waals surface area contributed by atoms with Crippen molar-refractivity contribution in [1.29, 1.82) is 0 Å². The summed E-state index contributed by atoms with van der Waals surface area (Å²) in [4.78, 5) is 3.90. The molecule has 0 amide bonds. The third kappa shape index (κ3) is 4.62. The van der Waals surface area contributed by atoms with Gasteiger partial charge in [0.15, 0.2) is 0 Å². The number of hydrogen-bond acceptors (Lipinski definition) is 3. The van der Waals surface area contributed by atoms with Gasteiger partial charge in [-0.2, -0.15) is 0 Å². The molecule has 0 bridgehead atoms. The Labute approximate surface area is 93.5 Å². The van der Waals surface area contributed by atoms with E-state index in [2.05, 4.69) is 4.99 Å². The first-order chi connectivity index (χ1) is 6.74. The van der Waals surface area contributed by atoms with Crippen LogP contribution in [0.3, 0.4) is 0 Å². The number of hydrogen-bond donors (Lipinski definition) is 1. The molecule has 0 aliphatic rings. The lowest BCUT2D eigenvalue weighted by atomic mass is 9.82. The highest BCUT2D eigenvalue weighted by molar-refractivity contribution is 6.46. The van der Waals surface area contributed by atoms with E-state index in [1.165, 1.54) is 0 Å². The van der Waals surface area contributed by atoms with Crippen LogP contribution in [0.4, 0.5) is 0 Å². The fourth-order valence-electron chi connectivity index (χ4n) is 0.682. The highest BCUT2D eigenvalue weighted by atomic mass is 16.5. The number of aliphatic hydroxyl groups is 1. The average Bonchev–Trinajstić information content (AvgIpc) is 2.10. The van der Waals surface area contributed by atoms with Crippen LogP contribution >= 0.6 is 0 Å². The lowest BCUT2D eigenvalue weighted by Gasteiger charge is -2.37. The second-order valence-electron chi connectivity index (χ2n) is 4.48. The molecule has 0 aromatic carbocycles. The summed E-state index contributed by atoms with van der Waals surface area (Å²) in [7, 11) is 3.32. The van der Waals surface area contributed by atoms with Crippen LogP contribution in [0.2, 0.25) is 0 Å². The topological polar surface area (TPSA) is 41.8 Å². The summed E-state index contributed by atoms with van der Waals surface area (Å²) in [5, 5.41) is 9.86. The molecule has 0 aromatic rings. The molecule has 1 radical (unpaired) electrons. The summed E-state index contributed by atoms with van der Waals surface area (Å²) in [6.45, 7) is 9.06. The molecule has 3 nitrogen and oxygen atoms in total. The molecule has 0 spiro atoms. The van der Waals surface area contributed by atoms with Gasteiger partial charge in [-0.15, -0.1) is 0 Å². The maximum absolute atomic E-state index is 9.86. The van der Waals surface area contributed by atoms with Crippen molar-refractivity contribution in [1.82, 2.24) is 0 Å². The van der Waals surface area contributed by atoms with Gasteiger partial charge in [0.1, 0.15) is 0 Å². The van der Waals surface area contributed by atoms with Gasteiger partial charge in [-0.1, -0.05) is 6.08 Å². The van der Waals surface area contributed by atoms with Crippen LogP contribution in [0.25, 0.3) is 0 Å².